The third-order valence-electron chi connectivity index (χ3n) is 6.24. The van der Waals surface area contributed by atoms with Gasteiger partial charge in [-0.3, -0.25) is 15.0 Å². The first-order chi connectivity index (χ1) is 16.1. The highest BCUT2D eigenvalue weighted by atomic mass is 16.3. The number of rotatable bonds is 12. The molecule has 0 heterocycles. The lowest BCUT2D eigenvalue weighted by molar-refractivity contribution is -0.132. The Morgan fingerprint density at radius 3 is 1.83 bits per heavy atom. The summed E-state index contributed by atoms with van der Waals surface area (Å²) in [5.74, 6) is -0.317. The highest BCUT2D eigenvalue weighted by Gasteiger charge is 2.34. The SMILES string of the molecule is CCC(NC(=O)C(NC)C(C)(C)C)C(O)CN(Cc1ccc(C)cc1)NC(=O)C(NC)C(C)(C)C. The van der Waals surface area contributed by atoms with Crippen molar-refractivity contribution in [3.63, 3.8) is 0 Å². The maximum atomic E-state index is 13.1. The molecule has 0 saturated heterocycles. The van der Waals surface area contributed by atoms with Crippen molar-refractivity contribution in [2.75, 3.05) is 20.6 Å². The Hall–Kier alpha value is -2.00. The van der Waals surface area contributed by atoms with Crippen LogP contribution in [0, 0.1) is 17.8 Å². The Kier molecular flexibility index (Phi) is 11.8. The van der Waals surface area contributed by atoms with Crippen molar-refractivity contribution in [3.8, 4) is 0 Å². The Balaban J connectivity index is 3.07. The predicted molar refractivity (Wildman–Crippen MR) is 143 cm³/mol. The largest absolute Gasteiger partial charge is 0.390 e. The molecule has 0 aromatic heterocycles. The highest BCUT2D eigenvalue weighted by molar-refractivity contribution is 5.83. The number of benzene rings is 1. The van der Waals surface area contributed by atoms with Crippen LogP contribution in [-0.4, -0.2) is 66.8 Å². The molecule has 0 aliphatic rings. The zero-order valence-electron chi connectivity index (χ0n) is 23.5. The zero-order valence-corrected chi connectivity index (χ0v) is 23.5. The molecule has 35 heavy (non-hydrogen) atoms. The summed E-state index contributed by atoms with van der Waals surface area (Å²) in [6, 6.07) is 6.81. The van der Waals surface area contributed by atoms with Crippen LogP contribution in [0.4, 0.5) is 0 Å². The summed E-state index contributed by atoms with van der Waals surface area (Å²) in [6.07, 6.45) is -0.323. The van der Waals surface area contributed by atoms with Crippen LogP contribution >= 0.6 is 0 Å². The molecule has 0 bridgehead atoms. The van der Waals surface area contributed by atoms with Crippen molar-refractivity contribution in [1.82, 2.24) is 26.4 Å². The molecule has 1 rings (SSSR count). The van der Waals surface area contributed by atoms with Crippen LogP contribution in [0.3, 0.4) is 0 Å². The van der Waals surface area contributed by atoms with Gasteiger partial charge in [0.2, 0.25) is 5.91 Å². The average Bonchev–Trinajstić information content (AvgIpc) is 2.72. The summed E-state index contributed by atoms with van der Waals surface area (Å²) < 4.78 is 0. The van der Waals surface area contributed by atoms with Crippen molar-refractivity contribution in [2.24, 2.45) is 10.8 Å². The van der Waals surface area contributed by atoms with Crippen LogP contribution in [0.2, 0.25) is 0 Å². The standard InChI is InChI=1S/C27H49N5O3/c1-11-20(30-24(34)22(28-9)26(3,4)5)21(33)17-32(16-19-14-12-18(2)13-15-19)31-25(35)23(29-10)27(6,7)8/h12-15,20-23,28-29,33H,11,16-17H2,1-10H3,(H,30,34)(H,31,35). The van der Waals surface area contributed by atoms with Crippen LogP contribution in [0.25, 0.3) is 0 Å². The molecule has 0 saturated carbocycles. The maximum absolute atomic E-state index is 13.1. The molecular formula is C27H49N5O3. The van der Waals surface area contributed by atoms with Crippen LogP contribution in [-0.2, 0) is 16.1 Å². The second-order valence-electron chi connectivity index (χ2n) is 11.6. The van der Waals surface area contributed by atoms with Crippen LogP contribution in [0.15, 0.2) is 24.3 Å². The Morgan fingerprint density at radius 1 is 0.914 bits per heavy atom. The number of aliphatic hydroxyl groups excluding tert-OH is 1. The summed E-state index contributed by atoms with van der Waals surface area (Å²) in [6.45, 7) is 16.5. The Labute approximate surface area is 212 Å². The first-order valence-electron chi connectivity index (χ1n) is 12.6. The van der Waals surface area contributed by atoms with Gasteiger partial charge in [0.25, 0.3) is 5.91 Å². The number of hydrogen-bond acceptors (Lipinski definition) is 6. The number of carbonyl (C=O) groups is 2. The molecular weight excluding hydrogens is 442 g/mol. The summed E-state index contributed by atoms with van der Waals surface area (Å²) >= 11 is 0. The Bertz CT molecular complexity index is 799. The normalized spacial score (nSPS) is 15.9. The van der Waals surface area contributed by atoms with Crippen LogP contribution in [0.5, 0.6) is 0 Å². The number of likely N-dealkylation sites (N-methyl/N-ethyl adjacent to an activating group) is 2. The lowest BCUT2D eigenvalue weighted by Gasteiger charge is -2.35. The second kappa shape index (κ2) is 13.3. The van der Waals surface area contributed by atoms with Gasteiger partial charge < -0.3 is 21.1 Å². The lowest BCUT2D eigenvalue weighted by Crippen LogP contribution is -2.59. The molecule has 0 aliphatic carbocycles. The molecule has 1 aromatic carbocycles. The number of nitrogens with zero attached hydrogens (tertiary/aromatic N) is 1. The van der Waals surface area contributed by atoms with Crippen molar-refractivity contribution < 1.29 is 14.7 Å². The number of hydrogen-bond donors (Lipinski definition) is 5. The van der Waals surface area contributed by atoms with E-state index >= 15 is 0 Å². The molecule has 0 fully saturated rings. The molecule has 200 valence electrons. The fourth-order valence-corrected chi connectivity index (χ4v) is 4.29. The van der Waals surface area contributed by atoms with Gasteiger partial charge in [-0.2, -0.15) is 0 Å². The van der Waals surface area contributed by atoms with Crippen molar-refractivity contribution in [3.05, 3.63) is 35.4 Å². The summed E-state index contributed by atoms with van der Waals surface area (Å²) in [5, 5.41) is 22.1. The molecule has 2 amide bonds. The number of carbonyl (C=O) groups excluding carboxylic acids is 2. The number of amides is 2. The van der Waals surface area contributed by atoms with Gasteiger partial charge in [0.05, 0.1) is 24.2 Å². The van der Waals surface area contributed by atoms with Crippen molar-refractivity contribution in [1.29, 1.82) is 0 Å². The van der Waals surface area contributed by atoms with Crippen LogP contribution in [0.1, 0.15) is 66.0 Å². The molecule has 0 spiro atoms. The van der Waals surface area contributed by atoms with E-state index in [2.05, 4.69) is 21.4 Å². The van der Waals surface area contributed by atoms with Gasteiger partial charge in [-0.15, -0.1) is 0 Å². The Morgan fingerprint density at radius 2 is 1.40 bits per heavy atom. The molecule has 0 aliphatic heterocycles. The van der Waals surface area contributed by atoms with E-state index in [-0.39, 0.29) is 29.2 Å². The topological polar surface area (TPSA) is 106 Å². The van der Waals surface area contributed by atoms with E-state index in [4.69, 9.17) is 0 Å². The minimum absolute atomic E-state index is 0.150. The molecule has 5 N–H and O–H groups in total. The molecule has 1 aromatic rings. The zero-order chi connectivity index (χ0) is 27.0. The van der Waals surface area contributed by atoms with E-state index < -0.39 is 24.2 Å². The number of hydrazine groups is 1. The minimum Gasteiger partial charge on any atom is -0.390 e. The summed E-state index contributed by atoms with van der Waals surface area (Å²) in [5.41, 5.74) is 4.61. The maximum Gasteiger partial charge on any atom is 0.251 e. The van der Waals surface area contributed by atoms with Crippen LogP contribution < -0.4 is 21.4 Å². The van der Waals surface area contributed by atoms with E-state index in [1.54, 1.807) is 19.1 Å². The summed E-state index contributed by atoms with van der Waals surface area (Å²) in [7, 11) is 3.53. The van der Waals surface area contributed by atoms with Gasteiger partial charge in [0.1, 0.15) is 0 Å². The molecule has 4 unspecified atom stereocenters. The van der Waals surface area contributed by atoms with Crippen molar-refractivity contribution in [2.45, 2.75) is 92.6 Å². The quantitative estimate of drug-likeness (QED) is 0.288. The van der Waals surface area contributed by atoms with E-state index in [1.165, 1.54) is 0 Å². The van der Waals surface area contributed by atoms with E-state index in [0.29, 0.717) is 13.0 Å². The molecule has 0 radical (unpaired) electrons. The highest BCUT2D eigenvalue weighted by Crippen LogP contribution is 2.21. The monoisotopic (exact) mass is 491 g/mol. The van der Waals surface area contributed by atoms with E-state index in [0.717, 1.165) is 11.1 Å². The number of nitrogens with one attached hydrogen (secondary N) is 4. The first kappa shape index (κ1) is 31.0. The van der Waals surface area contributed by atoms with Gasteiger partial charge in [0.15, 0.2) is 0 Å². The summed E-state index contributed by atoms with van der Waals surface area (Å²) in [4.78, 5) is 26.1. The fraction of sp³-hybridized carbons (Fsp3) is 0.704. The van der Waals surface area contributed by atoms with Crippen molar-refractivity contribution >= 4 is 11.8 Å². The van der Waals surface area contributed by atoms with Gasteiger partial charge in [-0.1, -0.05) is 78.3 Å². The number of aliphatic hydroxyl groups is 1. The third kappa shape index (κ3) is 9.88. The average molecular weight is 492 g/mol. The third-order valence-corrected chi connectivity index (χ3v) is 6.24. The smallest absolute Gasteiger partial charge is 0.251 e. The molecule has 4 atom stereocenters. The molecule has 8 heteroatoms. The lowest BCUT2D eigenvalue weighted by atomic mass is 9.86. The minimum atomic E-state index is -0.880. The van der Waals surface area contributed by atoms with Gasteiger partial charge in [-0.25, -0.2) is 5.01 Å². The van der Waals surface area contributed by atoms with Gasteiger partial charge in [-0.05, 0) is 43.8 Å². The van der Waals surface area contributed by atoms with Gasteiger partial charge in [0, 0.05) is 13.1 Å². The number of aryl methyl sites for hydroxylation is 1. The fourth-order valence-electron chi connectivity index (χ4n) is 4.29. The molecule has 8 nitrogen and oxygen atoms in total. The second-order valence-corrected chi connectivity index (χ2v) is 11.6. The van der Waals surface area contributed by atoms with E-state index in [9.17, 15) is 14.7 Å². The first-order valence-corrected chi connectivity index (χ1v) is 12.6. The van der Waals surface area contributed by atoms with E-state index in [1.807, 2.05) is 79.7 Å². The van der Waals surface area contributed by atoms with Gasteiger partial charge >= 0.3 is 0 Å². The predicted octanol–water partition coefficient (Wildman–Crippen LogP) is 2.35.